The number of rotatable bonds is 4. The Balaban J connectivity index is 2.68. The molecular weight excluding hydrogens is 316 g/mol. The fraction of sp³-hybridized carbons (Fsp3) is 0.400. The SMILES string of the molecule is FC(F)(F)SCCNc1ccc(Cl)cc1C(F)(F)F. The largest absolute Gasteiger partial charge is 0.441 e. The molecule has 108 valence electrons. The zero-order valence-corrected chi connectivity index (χ0v) is 10.8. The number of thioether (sulfide) groups is 1. The van der Waals surface area contributed by atoms with Crippen molar-refractivity contribution < 1.29 is 26.3 Å². The molecule has 1 aromatic carbocycles. The molecule has 0 unspecified atom stereocenters. The quantitative estimate of drug-likeness (QED) is 0.616. The summed E-state index contributed by atoms with van der Waals surface area (Å²) in [6.07, 6.45) is -4.62. The van der Waals surface area contributed by atoms with E-state index in [1.54, 1.807) is 0 Å². The van der Waals surface area contributed by atoms with Gasteiger partial charge in [0, 0.05) is 23.0 Å². The minimum absolute atomic E-state index is 0.0949. The summed E-state index contributed by atoms with van der Waals surface area (Å²) in [4.78, 5) is 0. The van der Waals surface area contributed by atoms with E-state index in [-0.39, 0.29) is 34.8 Å². The number of anilines is 1. The van der Waals surface area contributed by atoms with E-state index in [2.05, 4.69) is 5.32 Å². The number of nitrogens with one attached hydrogen (secondary N) is 1. The molecule has 1 nitrogen and oxygen atoms in total. The van der Waals surface area contributed by atoms with Crippen molar-refractivity contribution in [3.63, 3.8) is 0 Å². The molecule has 0 heterocycles. The van der Waals surface area contributed by atoms with Crippen LogP contribution in [0.1, 0.15) is 5.56 Å². The molecule has 1 aromatic rings. The molecule has 0 radical (unpaired) electrons. The molecule has 0 aliphatic carbocycles. The molecule has 0 spiro atoms. The van der Waals surface area contributed by atoms with E-state index >= 15 is 0 Å². The van der Waals surface area contributed by atoms with Crippen LogP contribution in [0.2, 0.25) is 5.02 Å². The molecule has 0 aliphatic rings. The summed E-state index contributed by atoms with van der Waals surface area (Å²) in [5.41, 5.74) is -5.69. The Hall–Kier alpha value is -0.760. The maximum absolute atomic E-state index is 12.6. The maximum Gasteiger partial charge on any atom is 0.441 e. The Morgan fingerprint density at radius 3 is 2.26 bits per heavy atom. The number of hydrogen-bond donors (Lipinski definition) is 1. The van der Waals surface area contributed by atoms with Crippen molar-refractivity contribution in [3.05, 3.63) is 28.8 Å². The molecular formula is C10H8ClF6NS. The summed E-state index contributed by atoms with van der Waals surface area (Å²) in [7, 11) is 0. The third-order valence-corrected chi connectivity index (χ3v) is 2.94. The van der Waals surface area contributed by atoms with Gasteiger partial charge in [0.1, 0.15) is 0 Å². The van der Waals surface area contributed by atoms with Crippen LogP contribution in [0.25, 0.3) is 0 Å². The number of benzene rings is 1. The highest BCUT2D eigenvalue weighted by molar-refractivity contribution is 8.00. The summed E-state index contributed by atoms with van der Waals surface area (Å²) in [5.74, 6) is -0.385. The van der Waals surface area contributed by atoms with Gasteiger partial charge in [-0.3, -0.25) is 0 Å². The smallest absolute Gasteiger partial charge is 0.384 e. The first-order valence-corrected chi connectivity index (χ1v) is 6.27. The molecule has 0 saturated carbocycles. The predicted octanol–water partition coefficient (Wildman–Crippen LogP) is 5.02. The standard InChI is InChI=1S/C10H8ClF6NS/c11-6-1-2-8(7(5-6)9(12,13)14)18-3-4-19-10(15,16)17/h1-2,5,18H,3-4H2. The van der Waals surface area contributed by atoms with Crippen molar-refractivity contribution in [2.45, 2.75) is 11.7 Å². The van der Waals surface area contributed by atoms with Crippen molar-refractivity contribution in [1.29, 1.82) is 0 Å². The van der Waals surface area contributed by atoms with E-state index in [1.807, 2.05) is 0 Å². The van der Waals surface area contributed by atoms with Crippen LogP contribution >= 0.6 is 23.4 Å². The van der Waals surface area contributed by atoms with Gasteiger partial charge in [0.25, 0.3) is 0 Å². The van der Waals surface area contributed by atoms with Gasteiger partial charge in [-0.1, -0.05) is 11.6 Å². The second-order valence-corrected chi connectivity index (χ2v) is 5.00. The lowest BCUT2D eigenvalue weighted by Crippen LogP contribution is -2.14. The highest BCUT2D eigenvalue weighted by atomic mass is 35.5. The summed E-state index contributed by atoms with van der Waals surface area (Å²) >= 11 is 5.16. The second kappa shape index (κ2) is 6.13. The fourth-order valence-electron chi connectivity index (χ4n) is 1.26. The third kappa shape index (κ3) is 5.82. The average molecular weight is 324 g/mol. The molecule has 0 amide bonds. The Morgan fingerprint density at radius 2 is 1.74 bits per heavy atom. The van der Waals surface area contributed by atoms with Gasteiger partial charge in [0.15, 0.2) is 0 Å². The molecule has 1 rings (SSSR count). The Kier molecular flexibility index (Phi) is 5.26. The molecule has 9 heteroatoms. The van der Waals surface area contributed by atoms with Crippen LogP contribution in [0, 0.1) is 0 Å². The van der Waals surface area contributed by atoms with Crippen LogP contribution in [0.5, 0.6) is 0 Å². The first-order chi connectivity index (χ1) is 8.59. The normalized spacial score (nSPS) is 12.6. The van der Waals surface area contributed by atoms with Crippen molar-refractivity contribution in [2.75, 3.05) is 17.6 Å². The van der Waals surface area contributed by atoms with Crippen LogP contribution in [0.3, 0.4) is 0 Å². The Bertz CT molecular complexity index is 431. The third-order valence-electron chi connectivity index (χ3n) is 1.97. The molecule has 0 aromatic heterocycles. The van der Waals surface area contributed by atoms with Crippen LogP contribution in [0.4, 0.5) is 32.0 Å². The molecule has 19 heavy (non-hydrogen) atoms. The summed E-state index contributed by atoms with van der Waals surface area (Å²) in [6.45, 7) is -0.241. The topological polar surface area (TPSA) is 12.0 Å². The van der Waals surface area contributed by atoms with Gasteiger partial charge in [0.05, 0.1) is 5.56 Å². The lowest BCUT2D eigenvalue weighted by atomic mass is 10.1. The van der Waals surface area contributed by atoms with Crippen molar-refractivity contribution >= 4 is 29.1 Å². The molecule has 0 fully saturated rings. The first-order valence-electron chi connectivity index (χ1n) is 4.91. The van der Waals surface area contributed by atoms with E-state index in [0.29, 0.717) is 0 Å². The Labute approximate surface area is 114 Å². The number of hydrogen-bond acceptors (Lipinski definition) is 2. The first kappa shape index (κ1) is 16.3. The zero-order valence-electron chi connectivity index (χ0n) is 9.20. The van der Waals surface area contributed by atoms with Gasteiger partial charge in [-0.05, 0) is 30.0 Å². The monoisotopic (exact) mass is 323 g/mol. The highest BCUT2D eigenvalue weighted by Gasteiger charge is 2.34. The number of halogens is 7. The maximum atomic E-state index is 12.6. The van der Waals surface area contributed by atoms with E-state index in [1.165, 1.54) is 6.07 Å². The molecule has 0 atom stereocenters. The van der Waals surface area contributed by atoms with Gasteiger partial charge in [-0.15, -0.1) is 0 Å². The van der Waals surface area contributed by atoms with Crippen molar-refractivity contribution in [2.24, 2.45) is 0 Å². The zero-order chi connectivity index (χ0) is 14.7. The average Bonchev–Trinajstić information content (AvgIpc) is 2.23. The van der Waals surface area contributed by atoms with E-state index in [9.17, 15) is 26.3 Å². The molecule has 0 aliphatic heterocycles. The van der Waals surface area contributed by atoms with Crippen LogP contribution < -0.4 is 5.32 Å². The Morgan fingerprint density at radius 1 is 1.11 bits per heavy atom. The van der Waals surface area contributed by atoms with Crippen LogP contribution in [-0.2, 0) is 6.18 Å². The van der Waals surface area contributed by atoms with Crippen molar-refractivity contribution in [1.82, 2.24) is 0 Å². The van der Waals surface area contributed by atoms with Crippen molar-refractivity contribution in [3.8, 4) is 0 Å². The van der Waals surface area contributed by atoms with Crippen LogP contribution in [0.15, 0.2) is 18.2 Å². The van der Waals surface area contributed by atoms with Crippen LogP contribution in [-0.4, -0.2) is 17.8 Å². The van der Waals surface area contributed by atoms with Gasteiger partial charge < -0.3 is 5.32 Å². The van der Waals surface area contributed by atoms with E-state index < -0.39 is 17.2 Å². The van der Waals surface area contributed by atoms with Gasteiger partial charge in [-0.2, -0.15) is 26.3 Å². The molecule has 0 bridgehead atoms. The van der Waals surface area contributed by atoms with Gasteiger partial charge in [0.2, 0.25) is 0 Å². The molecule has 0 saturated heterocycles. The summed E-state index contributed by atoms with van der Waals surface area (Å²) < 4.78 is 73.5. The van der Waals surface area contributed by atoms with E-state index in [4.69, 9.17) is 11.6 Å². The lowest BCUT2D eigenvalue weighted by molar-refractivity contribution is -0.136. The lowest BCUT2D eigenvalue weighted by Gasteiger charge is -2.15. The minimum Gasteiger partial charge on any atom is -0.384 e. The summed E-state index contributed by atoms with van der Waals surface area (Å²) in [6, 6.07) is 3.04. The highest BCUT2D eigenvalue weighted by Crippen LogP contribution is 2.36. The second-order valence-electron chi connectivity index (χ2n) is 3.41. The van der Waals surface area contributed by atoms with Gasteiger partial charge >= 0.3 is 11.7 Å². The predicted molar refractivity (Wildman–Crippen MR) is 63.5 cm³/mol. The summed E-state index contributed by atoms with van der Waals surface area (Å²) in [5, 5.41) is 2.23. The van der Waals surface area contributed by atoms with Gasteiger partial charge in [-0.25, -0.2) is 0 Å². The molecule has 1 N–H and O–H groups in total. The minimum atomic E-state index is -4.62. The number of alkyl halides is 6. The fourth-order valence-corrected chi connectivity index (χ4v) is 1.87. The van der Waals surface area contributed by atoms with E-state index in [0.717, 1.165) is 12.1 Å².